The fourth-order valence-corrected chi connectivity index (χ4v) is 3.46. The number of benzene rings is 1. The smallest absolute Gasteiger partial charge is 0.149 e. The number of rotatable bonds is 4. The van der Waals surface area contributed by atoms with Crippen molar-refractivity contribution in [3.05, 3.63) is 47.2 Å². The molecular weight excluding hydrogens is 336 g/mol. The summed E-state index contributed by atoms with van der Waals surface area (Å²) in [6.07, 6.45) is 5.63. The molecular formula is C19H19ClN4O. The number of ether oxygens (including phenoxy) is 1. The molecule has 4 rings (SSSR count). The maximum Gasteiger partial charge on any atom is 0.149 e. The quantitative estimate of drug-likeness (QED) is 0.764. The number of nitrogens with one attached hydrogen (secondary N) is 1. The molecule has 1 N–H and O–H groups in total. The van der Waals surface area contributed by atoms with Crippen molar-refractivity contribution in [3.8, 4) is 11.1 Å². The molecule has 1 saturated heterocycles. The molecule has 1 fully saturated rings. The molecule has 25 heavy (non-hydrogen) atoms. The van der Waals surface area contributed by atoms with Crippen LogP contribution in [-0.2, 0) is 11.2 Å². The van der Waals surface area contributed by atoms with Gasteiger partial charge in [-0.2, -0.15) is 0 Å². The maximum absolute atomic E-state index is 6.47. The summed E-state index contributed by atoms with van der Waals surface area (Å²) < 4.78 is 5.40. The Morgan fingerprint density at radius 3 is 3.00 bits per heavy atom. The summed E-state index contributed by atoms with van der Waals surface area (Å²) in [5, 5.41) is 13.5. The highest BCUT2D eigenvalue weighted by atomic mass is 35.5. The molecule has 0 radical (unpaired) electrons. The van der Waals surface area contributed by atoms with E-state index in [2.05, 4.69) is 33.5 Å². The first-order chi connectivity index (χ1) is 12.2. The number of pyridine rings is 1. The van der Waals surface area contributed by atoms with Gasteiger partial charge >= 0.3 is 0 Å². The van der Waals surface area contributed by atoms with Gasteiger partial charge in [-0.3, -0.25) is 4.98 Å². The molecule has 1 aliphatic heterocycles. The summed E-state index contributed by atoms with van der Waals surface area (Å²) in [5.74, 6) is 0.748. The Kier molecular flexibility index (Phi) is 4.51. The van der Waals surface area contributed by atoms with Crippen LogP contribution >= 0.6 is 11.6 Å². The Bertz CT molecular complexity index is 909. The van der Waals surface area contributed by atoms with Crippen LogP contribution in [0.2, 0.25) is 5.02 Å². The largest absolute Gasteiger partial charge is 0.379 e. The van der Waals surface area contributed by atoms with Gasteiger partial charge in [-0.1, -0.05) is 18.5 Å². The second-order valence-corrected chi connectivity index (χ2v) is 6.62. The lowest BCUT2D eigenvalue weighted by Gasteiger charge is -2.12. The Morgan fingerprint density at radius 1 is 1.28 bits per heavy atom. The number of hydrogen-bond acceptors (Lipinski definition) is 5. The van der Waals surface area contributed by atoms with Gasteiger partial charge in [-0.05, 0) is 48.2 Å². The van der Waals surface area contributed by atoms with Gasteiger partial charge in [0, 0.05) is 30.0 Å². The van der Waals surface area contributed by atoms with E-state index in [4.69, 9.17) is 16.3 Å². The number of aryl methyl sites for hydroxylation is 1. The van der Waals surface area contributed by atoms with Gasteiger partial charge in [-0.15, -0.1) is 10.2 Å². The molecule has 3 aromatic rings. The first kappa shape index (κ1) is 16.2. The number of hydrogen-bond donors (Lipinski definition) is 1. The fraction of sp³-hybridized carbons (Fsp3) is 0.316. The van der Waals surface area contributed by atoms with Crippen LogP contribution in [0.1, 0.15) is 18.9 Å². The molecule has 6 heteroatoms. The number of halogens is 1. The van der Waals surface area contributed by atoms with Crippen LogP contribution < -0.4 is 5.32 Å². The van der Waals surface area contributed by atoms with Crippen molar-refractivity contribution in [1.29, 1.82) is 0 Å². The fourth-order valence-electron chi connectivity index (χ4n) is 3.19. The van der Waals surface area contributed by atoms with E-state index < -0.39 is 0 Å². The van der Waals surface area contributed by atoms with E-state index in [0.29, 0.717) is 17.1 Å². The minimum Gasteiger partial charge on any atom is -0.379 e. The van der Waals surface area contributed by atoms with Crippen molar-refractivity contribution in [2.75, 3.05) is 18.5 Å². The first-order valence-electron chi connectivity index (χ1n) is 8.49. The van der Waals surface area contributed by atoms with Gasteiger partial charge in [0.1, 0.15) is 11.3 Å². The predicted molar refractivity (Wildman–Crippen MR) is 100 cm³/mol. The molecule has 1 atom stereocenters. The summed E-state index contributed by atoms with van der Waals surface area (Å²) in [4.78, 5) is 4.27. The Morgan fingerprint density at radius 2 is 2.20 bits per heavy atom. The molecule has 0 aliphatic carbocycles. The third kappa shape index (κ3) is 3.30. The lowest BCUT2D eigenvalue weighted by Crippen LogP contribution is -2.19. The minimum absolute atomic E-state index is 0.287. The van der Waals surface area contributed by atoms with E-state index in [1.54, 1.807) is 0 Å². The Labute approximate surface area is 151 Å². The van der Waals surface area contributed by atoms with E-state index in [-0.39, 0.29) is 6.04 Å². The van der Waals surface area contributed by atoms with E-state index in [1.807, 2.05) is 30.6 Å². The van der Waals surface area contributed by atoms with Crippen molar-refractivity contribution in [3.63, 3.8) is 0 Å². The van der Waals surface area contributed by atoms with Crippen LogP contribution in [0.5, 0.6) is 0 Å². The van der Waals surface area contributed by atoms with Crippen molar-refractivity contribution in [1.82, 2.24) is 15.2 Å². The van der Waals surface area contributed by atoms with E-state index >= 15 is 0 Å². The zero-order chi connectivity index (χ0) is 17.2. The van der Waals surface area contributed by atoms with Crippen LogP contribution in [0, 0.1) is 0 Å². The molecule has 1 aliphatic rings. The first-order valence-corrected chi connectivity index (χ1v) is 8.87. The molecule has 0 amide bonds. The molecule has 3 heterocycles. The van der Waals surface area contributed by atoms with Crippen molar-refractivity contribution >= 4 is 28.3 Å². The summed E-state index contributed by atoms with van der Waals surface area (Å²) >= 11 is 6.47. The van der Waals surface area contributed by atoms with Crippen LogP contribution in [0.4, 0.5) is 5.82 Å². The number of nitrogens with zero attached hydrogens (tertiary/aromatic N) is 3. The van der Waals surface area contributed by atoms with Gasteiger partial charge in [0.15, 0.2) is 0 Å². The van der Waals surface area contributed by atoms with Gasteiger partial charge in [-0.25, -0.2) is 0 Å². The van der Waals surface area contributed by atoms with Crippen molar-refractivity contribution < 1.29 is 4.74 Å². The Hall–Kier alpha value is -2.24. The van der Waals surface area contributed by atoms with E-state index in [0.717, 1.165) is 41.8 Å². The zero-order valence-electron chi connectivity index (χ0n) is 14.0. The third-order valence-electron chi connectivity index (χ3n) is 4.53. The Balaban J connectivity index is 1.76. The lowest BCUT2D eigenvalue weighted by atomic mass is 9.99. The second-order valence-electron chi connectivity index (χ2n) is 6.22. The molecule has 5 nitrogen and oxygen atoms in total. The average Bonchev–Trinajstić information content (AvgIpc) is 3.14. The monoisotopic (exact) mass is 354 g/mol. The highest BCUT2D eigenvalue weighted by Crippen LogP contribution is 2.32. The number of fused-ring (bicyclic) bond motifs is 1. The number of anilines is 1. The maximum atomic E-state index is 6.47. The number of aromatic nitrogens is 3. The SMILES string of the molecule is CCc1ccncc1-c1cc(Cl)c2nnc(NC3CCOC3)cc2c1. The van der Waals surface area contributed by atoms with Gasteiger partial charge < -0.3 is 10.1 Å². The average molecular weight is 355 g/mol. The summed E-state index contributed by atoms with van der Waals surface area (Å²) in [6.45, 7) is 3.63. The van der Waals surface area contributed by atoms with Crippen LogP contribution in [-0.4, -0.2) is 34.4 Å². The lowest BCUT2D eigenvalue weighted by molar-refractivity contribution is 0.195. The second kappa shape index (κ2) is 6.94. The summed E-state index contributed by atoms with van der Waals surface area (Å²) in [6, 6.07) is 8.37. The van der Waals surface area contributed by atoms with Gasteiger partial charge in [0.05, 0.1) is 17.7 Å². The van der Waals surface area contributed by atoms with Gasteiger partial charge in [0.25, 0.3) is 0 Å². The molecule has 0 saturated carbocycles. The minimum atomic E-state index is 0.287. The van der Waals surface area contributed by atoms with Crippen LogP contribution in [0.25, 0.3) is 22.0 Å². The molecule has 128 valence electrons. The zero-order valence-corrected chi connectivity index (χ0v) is 14.8. The third-order valence-corrected chi connectivity index (χ3v) is 4.82. The predicted octanol–water partition coefficient (Wildman–Crippen LogP) is 4.11. The van der Waals surface area contributed by atoms with E-state index in [1.165, 1.54) is 5.56 Å². The molecule has 0 spiro atoms. The van der Waals surface area contributed by atoms with Crippen LogP contribution in [0.3, 0.4) is 0 Å². The normalized spacial score (nSPS) is 17.1. The topological polar surface area (TPSA) is 59.9 Å². The van der Waals surface area contributed by atoms with Crippen molar-refractivity contribution in [2.24, 2.45) is 0 Å². The standard InChI is InChI=1S/C19H19ClN4O/c1-2-12-3-5-21-10-16(12)13-7-14-9-18(22-15-4-6-25-11-15)23-24-19(14)17(20)8-13/h3,5,7-10,15H,2,4,6,11H2,1H3,(H,22,23). The molecule has 1 unspecified atom stereocenters. The molecule has 1 aromatic carbocycles. The highest BCUT2D eigenvalue weighted by molar-refractivity contribution is 6.35. The summed E-state index contributed by atoms with van der Waals surface area (Å²) in [7, 11) is 0. The summed E-state index contributed by atoms with van der Waals surface area (Å²) in [5.41, 5.74) is 4.10. The van der Waals surface area contributed by atoms with Crippen LogP contribution in [0.15, 0.2) is 36.7 Å². The molecule has 0 bridgehead atoms. The van der Waals surface area contributed by atoms with Gasteiger partial charge in [0.2, 0.25) is 0 Å². The highest BCUT2D eigenvalue weighted by Gasteiger charge is 2.16. The van der Waals surface area contributed by atoms with E-state index in [9.17, 15) is 0 Å². The van der Waals surface area contributed by atoms with Crippen molar-refractivity contribution in [2.45, 2.75) is 25.8 Å². The molecule has 2 aromatic heterocycles.